The Morgan fingerprint density at radius 3 is 2.58 bits per heavy atom. The molecule has 1 aromatic heterocycles. The van der Waals surface area contributed by atoms with Crippen molar-refractivity contribution in [2.75, 3.05) is 12.8 Å². The number of tetrazole rings is 1. The second kappa shape index (κ2) is 5.26. The van der Waals surface area contributed by atoms with Gasteiger partial charge in [0, 0.05) is 17.3 Å². The zero-order valence-corrected chi connectivity index (χ0v) is 11.7. The van der Waals surface area contributed by atoms with E-state index in [4.69, 9.17) is 10.5 Å². The first kappa shape index (κ1) is 13.3. The van der Waals surface area contributed by atoms with E-state index in [2.05, 4.69) is 36.3 Å². The molecule has 6 nitrogen and oxygen atoms in total. The molecule has 0 saturated heterocycles. The normalized spacial score (nSPS) is 12.7. The highest BCUT2D eigenvalue weighted by Crippen LogP contribution is 2.28. The fraction of sp³-hybridized carbons (Fsp3) is 0.462. The summed E-state index contributed by atoms with van der Waals surface area (Å²) in [7, 11) is 1.61. The molecule has 0 aliphatic rings. The van der Waals surface area contributed by atoms with Gasteiger partial charge in [-0.2, -0.15) is 0 Å². The molecule has 1 unspecified atom stereocenters. The molecular weight excluding hydrogens is 242 g/mol. The third kappa shape index (κ3) is 2.67. The van der Waals surface area contributed by atoms with Crippen LogP contribution in [0, 0.1) is 5.92 Å². The standard InChI is InChI=1S/C13H19N5O/c1-8(2)9(3)18-13(15-16-17-18)10-5-11(14)7-12(6-10)19-4/h5-9H,14H2,1-4H3. The Morgan fingerprint density at radius 1 is 1.21 bits per heavy atom. The lowest BCUT2D eigenvalue weighted by Crippen LogP contribution is -2.14. The third-order valence-corrected chi connectivity index (χ3v) is 3.27. The van der Waals surface area contributed by atoms with Crippen LogP contribution in [0.5, 0.6) is 5.75 Å². The van der Waals surface area contributed by atoms with E-state index in [-0.39, 0.29) is 6.04 Å². The summed E-state index contributed by atoms with van der Waals surface area (Å²) in [6.45, 7) is 6.36. The molecule has 1 heterocycles. The smallest absolute Gasteiger partial charge is 0.182 e. The molecule has 0 aliphatic heterocycles. The van der Waals surface area contributed by atoms with Gasteiger partial charge in [0.2, 0.25) is 0 Å². The summed E-state index contributed by atoms with van der Waals surface area (Å²) >= 11 is 0. The van der Waals surface area contributed by atoms with Crippen LogP contribution in [-0.4, -0.2) is 27.3 Å². The molecular formula is C13H19N5O. The summed E-state index contributed by atoms with van der Waals surface area (Å²) in [5, 5.41) is 11.9. The third-order valence-electron chi connectivity index (χ3n) is 3.27. The number of anilines is 1. The fourth-order valence-electron chi connectivity index (χ4n) is 1.81. The Labute approximate surface area is 112 Å². The highest BCUT2D eigenvalue weighted by molar-refractivity contribution is 5.64. The number of aromatic nitrogens is 4. The summed E-state index contributed by atoms with van der Waals surface area (Å²) in [6.07, 6.45) is 0. The van der Waals surface area contributed by atoms with Crippen molar-refractivity contribution in [2.24, 2.45) is 5.92 Å². The van der Waals surface area contributed by atoms with E-state index < -0.39 is 0 Å². The topological polar surface area (TPSA) is 78.8 Å². The minimum absolute atomic E-state index is 0.206. The highest BCUT2D eigenvalue weighted by Gasteiger charge is 2.18. The van der Waals surface area contributed by atoms with Gasteiger partial charge in [0.05, 0.1) is 13.2 Å². The first-order chi connectivity index (χ1) is 9.02. The first-order valence-electron chi connectivity index (χ1n) is 6.25. The average molecular weight is 261 g/mol. The van der Waals surface area contributed by atoms with E-state index >= 15 is 0 Å². The van der Waals surface area contributed by atoms with E-state index in [0.29, 0.717) is 23.2 Å². The van der Waals surface area contributed by atoms with Gasteiger partial charge in [0.25, 0.3) is 0 Å². The van der Waals surface area contributed by atoms with Crippen molar-refractivity contribution < 1.29 is 4.74 Å². The van der Waals surface area contributed by atoms with Crippen molar-refractivity contribution in [2.45, 2.75) is 26.8 Å². The number of hydrogen-bond donors (Lipinski definition) is 1. The van der Waals surface area contributed by atoms with Gasteiger partial charge in [-0.1, -0.05) is 13.8 Å². The fourth-order valence-corrected chi connectivity index (χ4v) is 1.81. The molecule has 0 radical (unpaired) electrons. The molecule has 0 fully saturated rings. The second-order valence-electron chi connectivity index (χ2n) is 4.93. The second-order valence-corrected chi connectivity index (χ2v) is 4.93. The van der Waals surface area contributed by atoms with Gasteiger partial charge in [-0.15, -0.1) is 5.10 Å². The van der Waals surface area contributed by atoms with Crippen LogP contribution in [0.15, 0.2) is 18.2 Å². The van der Waals surface area contributed by atoms with Crippen molar-refractivity contribution in [1.29, 1.82) is 0 Å². The number of ether oxygens (including phenoxy) is 1. The monoisotopic (exact) mass is 261 g/mol. The average Bonchev–Trinajstić information content (AvgIpc) is 2.85. The molecule has 0 spiro atoms. The maximum atomic E-state index is 5.87. The van der Waals surface area contributed by atoms with E-state index in [0.717, 1.165) is 5.56 Å². The molecule has 6 heteroatoms. The van der Waals surface area contributed by atoms with E-state index in [1.807, 2.05) is 16.8 Å². The Bertz CT molecular complexity index is 564. The molecule has 0 aliphatic carbocycles. The zero-order chi connectivity index (χ0) is 14.0. The van der Waals surface area contributed by atoms with Crippen LogP contribution in [0.2, 0.25) is 0 Å². The maximum absolute atomic E-state index is 5.87. The van der Waals surface area contributed by atoms with Crippen molar-refractivity contribution in [3.8, 4) is 17.1 Å². The summed E-state index contributed by atoms with van der Waals surface area (Å²) in [4.78, 5) is 0. The van der Waals surface area contributed by atoms with Gasteiger partial charge in [-0.3, -0.25) is 0 Å². The zero-order valence-electron chi connectivity index (χ0n) is 11.7. The summed E-state index contributed by atoms with van der Waals surface area (Å²) in [5.41, 5.74) is 7.35. The van der Waals surface area contributed by atoms with Crippen molar-refractivity contribution in [1.82, 2.24) is 20.2 Å². The van der Waals surface area contributed by atoms with Crippen molar-refractivity contribution in [3.05, 3.63) is 18.2 Å². The van der Waals surface area contributed by atoms with Crippen LogP contribution < -0.4 is 10.5 Å². The number of hydrogen-bond acceptors (Lipinski definition) is 5. The predicted molar refractivity (Wildman–Crippen MR) is 73.8 cm³/mol. The van der Waals surface area contributed by atoms with E-state index in [1.54, 1.807) is 13.2 Å². The molecule has 0 saturated carbocycles. The van der Waals surface area contributed by atoms with Gasteiger partial charge in [0.15, 0.2) is 5.82 Å². The van der Waals surface area contributed by atoms with Crippen molar-refractivity contribution in [3.63, 3.8) is 0 Å². The summed E-state index contributed by atoms with van der Waals surface area (Å²) in [5.74, 6) is 1.83. The number of nitrogen functional groups attached to an aromatic ring is 1. The van der Waals surface area contributed by atoms with Gasteiger partial charge in [-0.25, -0.2) is 4.68 Å². The lowest BCUT2D eigenvalue weighted by Gasteiger charge is -2.17. The van der Waals surface area contributed by atoms with E-state index in [1.165, 1.54) is 0 Å². The Kier molecular flexibility index (Phi) is 3.69. The van der Waals surface area contributed by atoms with Crippen LogP contribution in [0.1, 0.15) is 26.8 Å². The number of methoxy groups -OCH3 is 1. The minimum atomic E-state index is 0.206. The highest BCUT2D eigenvalue weighted by atomic mass is 16.5. The van der Waals surface area contributed by atoms with Gasteiger partial charge >= 0.3 is 0 Å². The SMILES string of the molecule is COc1cc(N)cc(-c2nnnn2C(C)C(C)C)c1. The lowest BCUT2D eigenvalue weighted by atomic mass is 10.1. The maximum Gasteiger partial charge on any atom is 0.182 e. The molecule has 2 rings (SSSR count). The quantitative estimate of drug-likeness (QED) is 0.853. The molecule has 2 N–H and O–H groups in total. The Morgan fingerprint density at radius 2 is 1.95 bits per heavy atom. The number of rotatable bonds is 4. The lowest BCUT2D eigenvalue weighted by molar-refractivity contribution is 0.371. The summed E-state index contributed by atoms with van der Waals surface area (Å²) in [6, 6.07) is 5.70. The van der Waals surface area contributed by atoms with Gasteiger partial charge in [0.1, 0.15) is 5.75 Å². The number of benzene rings is 1. The summed E-state index contributed by atoms with van der Waals surface area (Å²) < 4.78 is 7.04. The largest absolute Gasteiger partial charge is 0.497 e. The number of nitrogens with zero attached hydrogens (tertiary/aromatic N) is 4. The molecule has 102 valence electrons. The first-order valence-corrected chi connectivity index (χ1v) is 6.25. The van der Waals surface area contributed by atoms with Crippen LogP contribution in [0.25, 0.3) is 11.4 Å². The molecule has 0 bridgehead atoms. The number of nitrogens with two attached hydrogens (primary N) is 1. The predicted octanol–water partition coefficient (Wildman–Crippen LogP) is 2.15. The van der Waals surface area contributed by atoms with Crippen LogP contribution in [-0.2, 0) is 0 Å². The van der Waals surface area contributed by atoms with Crippen LogP contribution >= 0.6 is 0 Å². The van der Waals surface area contributed by atoms with Gasteiger partial charge in [-0.05, 0) is 35.4 Å². The van der Waals surface area contributed by atoms with Gasteiger partial charge < -0.3 is 10.5 Å². The Hall–Kier alpha value is -2.11. The van der Waals surface area contributed by atoms with E-state index in [9.17, 15) is 0 Å². The molecule has 0 amide bonds. The Balaban J connectivity index is 2.48. The van der Waals surface area contributed by atoms with Crippen molar-refractivity contribution >= 4 is 5.69 Å². The molecule has 1 aromatic carbocycles. The molecule has 2 aromatic rings. The van der Waals surface area contributed by atoms with Crippen LogP contribution in [0.3, 0.4) is 0 Å². The molecule has 1 atom stereocenters. The van der Waals surface area contributed by atoms with Crippen LogP contribution in [0.4, 0.5) is 5.69 Å². The molecule has 19 heavy (non-hydrogen) atoms. The minimum Gasteiger partial charge on any atom is -0.497 e.